The quantitative estimate of drug-likeness (QED) is 0.823. The van der Waals surface area contributed by atoms with Gasteiger partial charge in [-0.15, -0.1) is 0 Å². The van der Waals surface area contributed by atoms with Crippen molar-refractivity contribution in [3.05, 3.63) is 41.4 Å². The Labute approximate surface area is 102 Å². The van der Waals surface area contributed by atoms with E-state index in [0.29, 0.717) is 17.7 Å². The molecule has 0 radical (unpaired) electrons. The van der Waals surface area contributed by atoms with Gasteiger partial charge in [0.05, 0.1) is 0 Å². The Kier molecular flexibility index (Phi) is 5.36. The molecule has 0 aromatic heterocycles. The maximum atomic E-state index is 5.64. The fourth-order valence-electron chi connectivity index (χ4n) is 1.23. The molecule has 1 aromatic carbocycles. The molecule has 16 heavy (non-hydrogen) atoms. The van der Waals surface area contributed by atoms with Crippen LogP contribution in [-0.4, -0.2) is 12.6 Å². The van der Waals surface area contributed by atoms with Gasteiger partial charge in [-0.2, -0.15) is 0 Å². The second-order valence-corrected chi connectivity index (χ2v) is 4.52. The highest BCUT2D eigenvalue weighted by atomic mass is 35.5. The average Bonchev–Trinajstić information content (AvgIpc) is 2.24. The molecule has 0 saturated carbocycles. The topological polar surface area (TPSA) is 21.3 Å². The van der Waals surface area contributed by atoms with E-state index < -0.39 is 0 Å². The maximum absolute atomic E-state index is 5.64. The number of hydrogen-bond donors (Lipinski definition) is 1. The molecular weight excluding hydrogens is 222 g/mol. The molecule has 0 saturated heterocycles. The van der Waals surface area contributed by atoms with Crippen molar-refractivity contribution in [1.29, 1.82) is 0 Å². The van der Waals surface area contributed by atoms with Gasteiger partial charge in [-0.25, -0.2) is 0 Å². The Hall–Kier alpha value is -0.990. The summed E-state index contributed by atoms with van der Waals surface area (Å²) in [7, 11) is 0. The lowest BCUT2D eigenvalue weighted by Crippen LogP contribution is -2.21. The van der Waals surface area contributed by atoms with Crippen LogP contribution in [-0.2, 0) is 6.54 Å². The molecule has 1 N–H and O–H groups in total. The van der Waals surface area contributed by atoms with Gasteiger partial charge in [-0.1, -0.05) is 44.2 Å². The van der Waals surface area contributed by atoms with E-state index in [9.17, 15) is 0 Å². The van der Waals surface area contributed by atoms with Gasteiger partial charge in [-0.3, -0.25) is 0 Å². The lowest BCUT2D eigenvalue weighted by atomic mass is 10.2. The standard InChI is InChI=1S/C13H18ClNO/c1-10(2)15-8-12-5-4-6-13(7-12)16-9-11(3)14/h4-7,10,15H,3,8-9H2,1-2H3. The van der Waals surface area contributed by atoms with Gasteiger partial charge in [0.2, 0.25) is 0 Å². The summed E-state index contributed by atoms with van der Waals surface area (Å²) < 4.78 is 5.46. The van der Waals surface area contributed by atoms with E-state index in [-0.39, 0.29) is 0 Å². The summed E-state index contributed by atoms with van der Waals surface area (Å²) in [5, 5.41) is 3.86. The molecule has 0 aliphatic carbocycles. The zero-order valence-corrected chi connectivity index (χ0v) is 10.6. The summed E-state index contributed by atoms with van der Waals surface area (Å²) in [6, 6.07) is 8.45. The number of halogens is 1. The van der Waals surface area contributed by atoms with E-state index in [2.05, 4.69) is 31.8 Å². The fourth-order valence-corrected chi connectivity index (χ4v) is 1.28. The molecule has 0 fully saturated rings. The van der Waals surface area contributed by atoms with Crippen molar-refractivity contribution < 1.29 is 4.74 Å². The van der Waals surface area contributed by atoms with Crippen molar-refractivity contribution in [3.63, 3.8) is 0 Å². The monoisotopic (exact) mass is 239 g/mol. The van der Waals surface area contributed by atoms with Crippen LogP contribution < -0.4 is 10.1 Å². The highest BCUT2D eigenvalue weighted by Crippen LogP contribution is 2.14. The molecule has 0 spiro atoms. The van der Waals surface area contributed by atoms with Crippen LogP contribution >= 0.6 is 11.6 Å². The van der Waals surface area contributed by atoms with Crippen molar-refractivity contribution in [1.82, 2.24) is 5.32 Å². The van der Waals surface area contributed by atoms with Gasteiger partial charge in [0.1, 0.15) is 12.4 Å². The molecule has 0 aliphatic heterocycles. The summed E-state index contributed by atoms with van der Waals surface area (Å²) in [5.41, 5.74) is 1.20. The predicted octanol–water partition coefficient (Wildman–Crippen LogP) is 3.32. The molecule has 3 heteroatoms. The van der Waals surface area contributed by atoms with Crippen LogP contribution in [0.25, 0.3) is 0 Å². The van der Waals surface area contributed by atoms with E-state index in [0.717, 1.165) is 12.3 Å². The molecule has 0 bridgehead atoms. The second kappa shape index (κ2) is 6.56. The first-order valence-electron chi connectivity index (χ1n) is 5.36. The van der Waals surface area contributed by atoms with Crippen molar-refractivity contribution >= 4 is 11.6 Å². The summed E-state index contributed by atoms with van der Waals surface area (Å²) >= 11 is 5.64. The zero-order chi connectivity index (χ0) is 12.0. The summed E-state index contributed by atoms with van der Waals surface area (Å²) in [6.07, 6.45) is 0. The molecule has 0 heterocycles. The van der Waals surface area contributed by atoms with Crippen molar-refractivity contribution in [2.45, 2.75) is 26.4 Å². The van der Waals surface area contributed by atoms with Crippen LogP contribution in [0.2, 0.25) is 0 Å². The predicted molar refractivity (Wildman–Crippen MR) is 68.9 cm³/mol. The molecule has 88 valence electrons. The van der Waals surface area contributed by atoms with E-state index in [4.69, 9.17) is 16.3 Å². The molecular formula is C13H18ClNO. The Morgan fingerprint density at radius 3 is 2.88 bits per heavy atom. The van der Waals surface area contributed by atoms with Crippen LogP contribution in [0.4, 0.5) is 0 Å². The van der Waals surface area contributed by atoms with Crippen molar-refractivity contribution in [2.75, 3.05) is 6.61 Å². The largest absolute Gasteiger partial charge is 0.488 e. The first-order valence-corrected chi connectivity index (χ1v) is 5.74. The van der Waals surface area contributed by atoms with Crippen molar-refractivity contribution in [2.24, 2.45) is 0 Å². The normalized spacial score (nSPS) is 10.5. The Morgan fingerprint density at radius 1 is 1.50 bits per heavy atom. The van der Waals surface area contributed by atoms with E-state index in [1.165, 1.54) is 5.56 Å². The van der Waals surface area contributed by atoms with E-state index >= 15 is 0 Å². The van der Waals surface area contributed by atoms with Crippen LogP contribution in [0.5, 0.6) is 5.75 Å². The summed E-state index contributed by atoms with van der Waals surface area (Å²) in [5.74, 6) is 0.824. The minimum absolute atomic E-state index is 0.350. The number of ether oxygens (including phenoxy) is 1. The van der Waals surface area contributed by atoms with Crippen LogP contribution in [0.3, 0.4) is 0 Å². The zero-order valence-electron chi connectivity index (χ0n) is 9.79. The molecule has 0 unspecified atom stereocenters. The third-order valence-corrected chi connectivity index (χ3v) is 2.12. The van der Waals surface area contributed by atoms with Gasteiger partial charge in [0.15, 0.2) is 0 Å². The summed E-state index contributed by atoms with van der Waals surface area (Å²) in [6.45, 7) is 9.02. The highest BCUT2D eigenvalue weighted by Gasteiger charge is 1.98. The third-order valence-electron chi connectivity index (χ3n) is 2.01. The summed E-state index contributed by atoms with van der Waals surface area (Å²) in [4.78, 5) is 0. The minimum Gasteiger partial charge on any atom is -0.488 e. The van der Waals surface area contributed by atoms with Gasteiger partial charge in [0, 0.05) is 17.6 Å². The number of rotatable bonds is 6. The Morgan fingerprint density at radius 2 is 2.25 bits per heavy atom. The Balaban J connectivity index is 2.53. The number of benzene rings is 1. The van der Waals surface area contributed by atoms with Gasteiger partial charge >= 0.3 is 0 Å². The second-order valence-electron chi connectivity index (χ2n) is 3.99. The van der Waals surface area contributed by atoms with Gasteiger partial charge in [-0.05, 0) is 17.7 Å². The average molecular weight is 240 g/mol. The van der Waals surface area contributed by atoms with Gasteiger partial charge in [0.25, 0.3) is 0 Å². The molecule has 0 aliphatic rings. The van der Waals surface area contributed by atoms with E-state index in [1.54, 1.807) is 0 Å². The first-order chi connectivity index (χ1) is 7.58. The van der Waals surface area contributed by atoms with Gasteiger partial charge < -0.3 is 10.1 Å². The maximum Gasteiger partial charge on any atom is 0.123 e. The third kappa shape index (κ3) is 5.19. The molecule has 0 amide bonds. The SMILES string of the molecule is C=C(Cl)COc1cccc(CNC(C)C)c1. The molecule has 1 aromatic rings. The van der Waals surface area contributed by atoms with Crippen LogP contribution in [0.15, 0.2) is 35.9 Å². The number of hydrogen-bond acceptors (Lipinski definition) is 2. The molecule has 1 rings (SSSR count). The van der Waals surface area contributed by atoms with Crippen molar-refractivity contribution in [3.8, 4) is 5.75 Å². The first kappa shape index (κ1) is 13.1. The minimum atomic E-state index is 0.350. The number of nitrogens with one attached hydrogen (secondary N) is 1. The van der Waals surface area contributed by atoms with Crippen LogP contribution in [0, 0.1) is 0 Å². The fraction of sp³-hybridized carbons (Fsp3) is 0.385. The van der Waals surface area contributed by atoms with E-state index in [1.807, 2.05) is 18.2 Å². The lowest BCUT2D eigenvalue weighted by Gasteiger charge is -2.10. The van der Waals surface area contributed by atoms with Crippen LogP contribution in [0.1, 0.15) is 19.4 Å². The smallest absolute Gasteiger partial charge is 0.123 e. The molecule has 0 atom stereocenters. The molecule has 2 nitrogen and oxygen atoms in total. The lowest BCUT2D eigenvalue weighted by molar-refractivity contribution is 0.359. The highest BCUT2D eigenvalue weighted by molar-refractivity contribution is 6.29. The Bertz CT molecular complexity index is 350.